The van der Waals surface area contributed by atoms with Crippen molar-refractivity contribution in [2.24, 2.45) is 0 Å². The van der Waals surface area contributed by atoms with Crippen molar-refractivity contribution in [2.45, 2.75) is 31.2 Å². The maximum Gasteiger partial charge on any atom is 0.251 e. The number of hydrogen-bond acceptors (Lipinski definition) is 4. The van der Waals surface area contributed by atoms with Crippen LogP contribution in [-0.4, -0.2) is 23.5 Å². The zero-order valence-electron chi connectivity index (χ0n) is 15.2. The Hall–Kier alpha value is -2.80. The van der Waals surface area contributed by atoms with E-state index in [2.05, 4.69) is 22.0 Å². The molecule has 2 aromatic carbocycles. The number of benzene rings is 2. The number of carbonyl (C=O) groups is 3. The second-order valence-electron chi connectivity index (χ2n) is 6.36. The molecule has 140 valence electrons. The minimum atomic E-state index is -0.250. The third-order valence-electron chi connectivity index (χ3n) is 4.10. The molecular formula is C20H21N3O3S. The molecule has 0 radical (unpaired) electrons. The lowest BCUT2D eigenvalue weighted by Gasteiger charge is -2.26. The lowest BCUT2D eigenvalue weighted by atomic mass is 10.0. The lowest BCUT2D eigenvalue weighted by Crippen LogP contribution is -2.30. The summed E-state index contributed by atoms with van der Waals surface area (Å²) in [5.41, 5.74) is 2.40. The summed E-state index contributed by atoms with van der Waals surface area (Å²) in [6.07, 6.45) is 0.845. The predicted octanol–water partition coefficient (Wildman–Crippen LogP) is 3.57. The molecule has 0 unspecified atom stereocenters. The van der Waals surface area contributed by atoms with Crippen LogP contribution < -0.4 is 16.0 Å². The van der Waals surface area contributed by atoms with Crippen LogP contribution in [0.4, 0.5) is 11.4 Å². The van der Waals surface area contributed by atoms with Gasteiger partial charge in [-0.05, 0) is 36.2 Å². The number of amides is 3. The fourth-order valence-corrected chi connectivity index (χ4v) is 4.17. The summed E-state index contributed by atoms with van der Waals surface area (Å²) < 4.78 is 0. The van der Waals surface area contributed by atoms with Crippen LogP contribution in [0.3, 0.4) is 0 Å². The van der Waals surface area contributed by atoms with Gasteiger partial charge in [0.1, 0.15) is 0 Å². The highest BCUT2D eigenvalue weighted by Gasteiger charge is 2.22. The lowest BCUT2D eigenvalue weighted by molar-refractivity contribution is -0.115. The molecule has 0 fully saturated rings. The van der Waals surface area contributed by atoms with E-state index in [9.17, 15) is 14.4 Å². The maximum absolute atomic E-state index is 12.9. The molecule has 1 aliphatic heterocycles. The first kappa shape index (κ1) is 19.0. The molecule has 1 heterocycles. The molecule has 2 aromatic rings. The van der Waals surface area contributed by atoms with Gasteiger partial charge in [0.25, 0.3) is 5.91 Å². The van der Waals surface area contributed by atoms with Crippen LogP contribution in [0, 0.1) is 0 Å². The molecule has 0 spiro atoms. The number of anilines is 2. The number of nitrogens with one attached hydrogen (secondary N) is 3. The maximum atomic E-state index is 12.9. The third-order valence-corrected chi connectivity index (χ3v) is 5.22. The van der Waals surface area contributed by atoms with E-state index in [4.69, 9.17) is 0 Å². The monoisotopic (exact) mass is 383 g/mol. The van der Waals surface area contributed by atoms with Crippen molar-refractivity contribution in [1.29, 1.82) is 0 Å². The van der Waals surface area contributed by atoms with E-state index in [0.29, 0.717) is 16.9 Å². The number of thioether (sulfide) groups is 1. The van der Waals surface area contributed by atoms with Gasteiger partial charge in [-0.25, -0.2) is 0 Å². The Morgan fingerprint density at radius 2 is 1.59 bits per heavy atom. The summed E-state index contributed by atoms with van der Waals surface area (Å²) in [6, 6.07) is 12.8. The molecular weight excluding hydrogens is 362 g/mol. The van der Waals surface area contributed by atoms with Gasteiger partial charge in [-0.1, -0.05) is 18.2 Å². The fourth-order valence-electron chi connectivity index (χ4n) is 3.04. The van der Waals surface area contributed by atoms with Crippen LogP contribution in [0.15, 0.2) is 47.4 Å². The van der Waals surface area contributed by atoms with Crippen LogP contribution in [0.25, 0.3) is 0 Å². The highest BCUT2D eigenvalue weighted by Crippen LogP contribution is 2.36. The summed E-state index contributed by atoms with van der Waals surface area (Å²) >= 11 is 1.79. The summed E-state index contributed by atoms with van der Waals surface area (Å²) in [7, 11) is 0. The van der Waals surface area contributed by atoms with E-state index in [1.807, 2.05) is 18.2 Å². The van der Waals surface area contributed by atoms with E-state index in [0.717, 1.165) is 17.7 Å². The van der Waals surface area contributed by atoms with Gasteiger partial charge in [-0.3, -0.25) is 14.4 Å². The number of rotatable bonds is 4. The van der Waals surface area contributed by atoms with Crippen molar-refractivity contribution < 1.29 is 14.4 Å². The molecule has 27 heavy (non-hydrogen) atoms. The number of fused-ring (bicyclic) bond motifs is 1. The second-order valence-corrected chi connectivity index (χ2v) is 7.50. The minimum absolute atomic E-state index is 0.0661. The molecule has 3 N–H and O–H groups in total. The summed E-state index contributed by atoms with van der Waals surface area (Å²) in [5, 5.41) is 8.39. The van der Waals surface area contributed by atoms with Crippen LogP contribution >= 0.6 is 11.8 Å². The van der Waals surface area contributed by atoms with Crippen molar-refractivity contribution in [1.82, 2.24) is 5.32 Å². The summed E-state index contributed by atoms with van der Waals surface area (Å²) in [5.74, 6) is 0.185. The smallest absolute Gasteiger partial charge is 0.251 e. The third kappa shape index (κ3) is 4.89. The SMILES string of the molecule is CC(=O)Nc1cc(NC(C)=O)cc(C(=O)N[C@H]2CCSc3ccccc32)c1. The van der Waals surface area contributed by atoms with E-state index in [1.54, 1.807) is 30.0 Å². The first-order chi connectivity index (χ1) is 12.9. The molecule has 0 saturated carbocycles. The molecule has 6 nitrogen and oxygen atoms in total. The molecule has 1 aliphatic rings. The Morgan fingerprint density at radius 3 is 2.22 bits per heavy atom. The number of carbonyl (C=O) groups excluding carboxylic acids is 3. The van der Waals surface area contributed by atoms with Crippen LogP contribution in [0.5, 0.6) is 0 Å². The van der Waals surface area contributed by atoms with Crippen molar-refractivity contribution >= 4 is 40.9 Å². The topological polar surface area (TPSA) is 87.3 Å². The molecule has 3 rings (SSSR count). The fraction of sp³-hybridized carbons (Fsp3) is 0.250. The van der Waals surface area contributed by atoms with E-state index in [1.165, 1.54) is 18.7 Å². The minimum Gasteiger partial charge on any atom is -0.345 e. The Labute approximate surface area is 162 Å². The highest BCUT2D eigenvalue weighted by molar-refractivity contribution is 7.99. The molecule has 7 heteroatoms. The van der Waals surface area contributed by atoms with Crippen molar-refractivity contribution in [2.75, 3.05) is 16.4 Å². The Balaban J connectivity index is 1.85. The van der Waals surface area contributed by atoms with Gasteiger partial charge in [0.05, 0.1) is 6.04 Å². The molecule has 0 aliphatic carbocycles. The Morgan fingerprint density at radius 1 is 0.963 bits per heavy atom. The molecule has 1 atom stereocenters. The molecule has 0 bridgehead atoms. The average Bonchev–Trinajstić information content (AvgIpc) is 2.60. The van der Waals surface area contributed by atoms with Gasteiger partial charge in [-0.2, -0.15) is 0 Å². The molecule has 0 saturated heterocycles. The highest BCUT2D eigenvalue weighted by atomic mass is 32.2. The van der Waals surface area contributed by atoms with Gasteiger partial charge in [-0.15, -0.1) is 11.8 Å². The van der Waals surface area contributed by atoms with Crippen molar-refractivity contribution in [3.63, 3.8) is 0 Å². The van der Waals surface area contributed by atoms with Crippen molar-refractivity contribution in [3.05, 3.63) is 53.6 Å². The van der Waals surface area contributed by atoms with Gasteiger partial charge < -0.3 is 16.0 Å². The number of hydrogen-bond donors (Lipinski definition) is 3. The first-order valence-electron chi connectivity index (χ1n) is 8.65. The predicted molar refractivity (Wildman–Crippen MR) is 107 cm³/mol. The second kappa shape index (κ2) is 8.26. The normalized spacial score (nSPS) is 15.4. The largest absolute Gasteiger partial charge is 0.345 e. The Bertz CT molecular complexity index is 864. The molecule has 3 amide bonds. The molecule has 0 aromatic heterocycles. The summed E-state index contributed by atoms with van der Waals surface area (Å²) in [6.45, 7) is 2.78. The standard InChI is InChI=1S/C20H21N3O3S/c1-12(24)21-15-9-14(10-16(11-15)22-13(2)25)20(26)23-18-7-8-27-19-6-4-3-5-17(18)19/h3-6,9-11,18H,7-8H2,1-2H3,(H,21,24)(H,22,25)(H,23,26)/t18-/m0/s1. The van der Waals surface area contributed by atoms with E-state index >= 15 is 0 Å². The van der Waals surface area contributed by atoms with Gasteiger partial charge in [0, 0.05) is 41.4 Å². The zero-order valence-corrected chi connectivity index (χ0v) is 16.0. The van der Waals surface area contributed by atoms with Gasteiger partial charge in [0.15, 0.2) is 0 Å². The first-order valence-corrected chi connectivity index (χ1v) is 9.64. The van der Waals surface area contributed by atoms with Crippen LogP contribution in [0.1, 0.15) is 42.2 Å². The average molecular weight is 383 g/mol. The van der Waals surface area contributed by atoms with E-state index < -0.39 is 0 Å². The Kier molecular flexibility index (Phi) is 5.81. The summed E-state index contributed by atoms with van der Waals surface area (Å²) in [4.78, 5) is 36.8. The van der Waals surface area contributed by atoms with Gasteiger partial charge >= 0.3 is 0 Å². The van der Waals surface area contributed by atoms with Crippen LogP contribution in [0.2, 0.25) is 0 Å². The van der Waals surface area contributed by atoms with Gasteiger partial charge in [0.2, 0.25) is 11.8 Å². The quantitative estimate of drug-likeness (QED) is 0.753. The van der Waals surface area contributed by atoms with Crippen molar-refractivity contribution in [3.8, 4) is 0 Å². The van der Waals surface area contributed by atoms with Crippen LogP contribution in [-0.2, 0) is 9.59 Å². The zero-order chi connectivity index (χ0) is 19.4. The van der Waals surface area contributed by atoms with E-state index in [-0.39, 0.29) is 23.8 Å².